The first-order chi connectivity index (χ1) is 9.54. The van der Waals surface area contributed by atoms with Crippen molar-refractivity contribution in [2.24, 2.45) is 0 Å². The summed E-state index contributed by atoms with van der Waals surface area (Å²) in [7, 11) is 0. The molecule has 1 heterocycles. The first-order valence-electron chi connectivity index (χ1n) is 6.04. The van der Waals surface area contributed by atoms with Crippen LogP contribution in [0.4, 0.5) is 0 Å². The SMILES string of the molecule is Cc1nc(CC(=O)NCc2cccc(C(=O)O)c2)cs1. The molecule has 1 aromatic heterocycles. The largest absolute Gasteiger partial charge is 0.478 e. The van der Waals surface area contributed by atoms with E-state index in [0.29, 0.717) is 6.54 Å². The zero-order chi connectivity index (χ0) is 14.5. The number of carbonyl (C=O) groups excluding carboxylic acids is 1. The van der Waals surface area contributed by atoms with Gasteiger partial charge in [-0.25, -0.2) is 9.78 Å². The average molecular weight is 290 g/mol. The van der Waals surface area contributed by atoms with Gasteiger partial charge in [0.1, 0.15) is 0 Å². The van der Waals surface area contributed by atoms with Crippen LogP contribution in [-0.2, 0) is 17.8 Å². The highest BCUT2D eigenvalue weighted by Gasteiger charge is 2.07. The van der Waals surface area contributed by atoms with Gasteiger partial charge in [0.2, 0.25) is 5.91 Å². The normalized spacial score (nSPS) is 10.2. The van der Waals surface area contributed by atoms with E-state index in [-0.39, 0.29) is 17.9 Å². The highest BCUT2D eigenvalue weighted by atomic mass is 32.1. The van der Waals surface area contributed by atoms with E-state index in [1.165, 1.54) is 17.4 Å². The van der Waals surface area contributed by atoms with E-state index in [9.17, 15) is 9.59 Å². The van der Waals surface area contributed by atoms with Crippen molar-refractivity contribution in [2.75, 3.05) is 0 Å². The summed E-state index contributed by atoms with van der Waals surface area (Å²) in [6, 6.07) is 6.51. The van der Waals surface area contributed by atoms with Crippen LogP contribution >= 0.6 is 11.3 Å². The summed E-state index contributed by atoms with van der Waals surface area (Å²) in [5.74, 6) is -1.10. The number of rotatable bonds is 5. The van der Waals surface area contributed by atoms with E-state index in [1.807, 2.05) is 12.3 Å². The molecular formula is C14H14N2O3S. The first-order valence-corrected chi connectivity index (χ1v) is 6.92. The van der Waals surface area contributed by atoms with Gasteiger partial charge in [0, 0.05) is 11.9 Å². The van der Waals surface area contributed by atoms with Gasteiger partial charge in [-0.2, -0.15) is 0 Å². The minimum absolute atomic E-state index is 0.129. The van der Waals surface area contributed by atoms with E-state index < -0.39 is 5.97 Å². The maximum Gasteiger partial charge on any atom is 0.335 e. The number of carbonyl (C=O) groups is 2. The maximum absolute atomic E-state index is 11.8. The van der Waals surface area contributed by atoms with Crippen LogP contribution in [0.15, 0.2) is 29.6 Å². The van der Waals surface area contributed by atoms with Gasteiger partial charge in [-0.05, 0) is 24.6 Å². The number of nitrogens with one attached hydrogen (secondary N) is 1. The molecule has 0 saturated heterocycles. The standard InChI is InChI=1S/C14H14N2O3S/c1-9-16-12(8-20-9)6-13(17)15-7-10-3-2-4-11(5-10)14(18)19/h2-5,8H,6-7H2,1H3,(H,15,17)(H,18,19). The van der Waals surface area contributed by atoms with Crippen molar-refractivity contribution in [2.45, 2.75) is 19.9 Å². The molecule has 0 aliphatic heterocycles. The maximum atomic E-state index is 11.8. The fourth-order valence-corrected chi connectivity index (χ4v) is 2.34. The number of carboxylic acids is 1. The quantitative estimate of drug-likeness (QED) is 0.883. The summed E-state index contributed by atoms with van der Waals surface area (Å²) in [5, 5.41) is 14.4. The number of hydrogen-bond acceptors (Lipinski definition) is 4. The number of thiazole rings is 1. The summed E-state index contributed by atoms with van der Waals surface area (Å²) in [4.78, 5) is 26.8. The minimum Gasteiger partial charge on any atom is -0.478 e. The third-order valence-electron chi connectivity index (χ3n) is 2.67. The zero-order valence-electron chi connectivity index (χ0n) is 10.9. The Morgan fingerprint density at radius 1 is 1.40 bits per heavy atom. The zero-order valence-corrected chi connectivity index (χ0v) is 11.7. The van der Waals surface area contributed by atoms with E-state index in [2.05, 4.69) is 10.3 Å². The number of amides is 1. The van der Waals surface area contributed by atoms with Crippen LogP contribution < -0.4 is 5.32 Å². The molecule has 0 unspecified atom stereocenters. The molecule has 0 aliphatic carbocycles. The molecule has 0 fully saturated rings. The van der Waals surface area contributed by atoms with Crippen molar-refractivity contribution >= 4 is 23.2 Å². The number of nitrogens with zero attached hydrogens (tertiary/aromatic N) is 1. The highest BCUT2D eigenvalue weighted by Crippen LogP contribution is 2.09. The lowest BCUT2D eigenvalue weighted by Crippen LogP contribution is -2.24. The molecule has 1 aromatic carbocycles. The van der Waals surface area contributed by atoms with Crippen LogP contribution in [-0.4, -0.2) is 22.0 Å². The average Bonchev–Trinajstić information content (AvgIpc) is 2.82. The van der Waals surface area contributed by atoms with Crippen molar-refractivity contribution in [3.63, 3.8) is 0 Å². The molecule has 6 heteroatoms. The van der Waals surface area contributed by atoms with Gasteiger partial charge in [-0.15, -0.1) is 11.3 Å². The predicted octanol–water partition coefficient (Wildman–Crippen LogP) is 2.01. The molecule has 0 atom stereocenters. The number of carboxylic acid groups (broad SMARTS) is 1. The molecule has 0 radical (unpaired) electrons. The number of aromatic nitrogens is 1. The lowest BCUT2D eigenvalue weighted by atomic mass is 10.1. The summed E-state index contributed by atoms with van der Waals surface area (Å²) >= 11 is 1.51. The Morgan fingerprint density at radius 2 is 2.20 bits per heavy atom. The molecule has 0 spiro atoms. The van der Waals surface area contributed by atoms with Gasteiger partial charge in [0.05, 0.1) is 22.7 Å². The molecular weight excluding hydrogens is 276 g/mol. The van der Waals surface area contributed by atoms with Crippen molar-refractivity contribution in [3.8, 4) is 0 Å². The fourth-order valence-electron chi connectivity index (χ4n) is 1.73. The van der Waals surface area contributed by atoms with E-state index in [1.54, 1.807) is 18.2 Å². The van der Waals surface area contributed by atoms with Crippen molar-refractivity contribution in [3.05, 3.63) is 51.5 Å². The first kappa shape index (κ1) is 14.2. The lowest BCUT2D eigenvalue weighted by Gasteiger charge is -2.05. The predicted molar refractivity (Wildman–Crippen MR) is 75.8 cm³/mol. The lowest BCUT2D eigenvalue weighted by molar-refractivity contribution is -0.120. The number of aryl methyl sites for hydroxylation is 1. The monoisotopic (exact) mass is 290 g/mol. The highest BCUT2D eigenvalue weighted by molar-refractivity contribution is 7.09. The molecule has 2 N–H and O–H groups in total. The number of hydrogen-bond donors (Lipinski definition) is 2. The molecule has 2 rings (SSSR count). The van der Waals surface area contributed by atoms with E-state index in [4.69, 9.17) is 5.11 Å². The van der Waals surface area contributed by atoms with Gasteiger partial charge in [-0.3, -0.25) is 4.79 Å². The Morgan fingerprint density at radius 3 is 2.85 bits per heavy atom. The molecule has 20 heavy (non-hydrogen) atoms. The van der Waals surface area contributed by atoms with Crippen LogP contribution in [0.25, 0.3) is 0 Å². The van der Waals surface area contributed by atoms with Crippen LogP contribution in [0, 0.1) is 6.92 Å². The summed E-state index contributed by atoms with van der Waals surface area (Å²) in [5.41, 5.74) is 1.73. The molecule has 2 aromatic rings. The van der Waals surface area contributed by atoms with Gasteiger partial charge in [0.25, 0.3) is 0 Å². The van der Waals surface area contributed by atoms with Crippen molar-refractivity contribution in [1.82, 2.24) is 10.3 Å². The molecule has 0 saturated carbocycles. The summed E-state index contributed by atoms with van der Waals surface area (Å²) in [6.45, 7) is 2.20. The Kier molecular flexibility index (Phi) is 4.47. The number of benzene rings is 1. The summed E-state index contributed by atoms with van der Waals surface area (Å²) < 4.78 is 0. The van der Waals surface area contributed by atoms with Gasteiger partial charge < -0.3 is 10.4 Å². The second-order valence-corrected chi connectivity index (χ2v) is 5.38. The second kappa shape index (κ2) is 6.29. The second-order valence-electron chi connectivity index (χ2n) is 4.32. The number of aromatic carboxylic acids is 1. The molecule has 5 nitrogen and oxygen atoms in total. The topological polar surface area (TPSA) is 79.3 Å². The van der Waals surface area contributed by atoms with Crippen LogP contribution in [0.1, 0.15) is 26.6 Å². The van der Waals surface area contributed by atoms with Crippen LogP contribution in [0.2, 0.25) is 0 Å². The summed E-state index contributed by atoms with van der Waals surface area (Å²) in [6.07, 6.45) is 0.239. The van der Waals surface area contributed by atoms with E-state index >= 15 is 0 Å². The van der Waals surface area contributed by atoms with Crippen molar-refractivity contribution in [1.29, 1.82) is 0 Å². The van der Waals surface area contributed by atoms with Crippen molar-refractivity contribution < 1.29 is 14.7 Å². The fraction of sp³-hybridized carbons (Fsp3) is 0.214. The van der Waals surface area contributed by atoms with Gasteiger partial charge in [-0.1, -0.05) is 12.1 Å². The smallest absolute Gasteiger partial charge is 0.335 e. The molecule has 104 valence electrons. The van der Waals surface area contributed by atoms with Crippen LogP contribution in [0.5, 0.6) is 0 Å². The third kappa shape index (κ3) is 3.89. The van der Waals surface area contributed by atoms with Crippen LogP contribution in [0.3, 0.4) is 0 Å². The minimum atomic E-state index is -0.976. The molecule has 0 bridgehead atoms. The van der Waals surface area contributed by atoms with Gasteiger partial charge >= 0.3 is 5.97 Å². The Labute approximate surface area is 120 Å². The van der Waals surface area contributed by atoms with E-state index in [0.717, 1.165) is 16.3 Å². The Balaban J connectivity index is 1.90. The Hall–Kier alpha value is -2.21. The Bertz CT molecular complexity index is 637. The molecule has 1 amide bonds. The van der Waals surface area contributed by atoms with Gasteiger partial charge in [0.15, 0.2) is 0 Å². The molecule has 0 aliphatic rings. The third-order valence-corrected chi connectivity index (χ3v) is 3.49.